The van der Waals surface area contributed by atoms with Crippen molar-refractivity contribution < 1.29 is 22.6 Å². The number of hydrogen-bond acceptors (Lipinski definition) is 8. The quantitative estimate of drug-likeness (QED) is 0.769. The zero-order valence-corrected chi connectivity index (χ0v) is 16.5. The minimum absolute atomic E-state index is 0.0811. The molecule has 4 aliphatic rings. The van der Waals surface area contributed by atoms with Crippen LogP contribution in [0.25, 0.3) is 11.3 Å². The van der Waals surface area contributed by atoms with Gasteiger partial charge in [0.1, 0.15) is 11.6 Å². The smallest absolute Gasteiger partial charge is 0.387 e. The van der Waals surface area contributed by atoms with Crippen LogP contribution in [0.5, 0.6) is 5.75 Å². The van der Waals surface area contributed by atoms with Crippen molar-refractivity contribution in [2.45, 2.75) is 31.6 Å². The first-order valence-corrected chi connectivity index (χ1v) is 10.0. The summed E-state index contributed by atoms with van der Waals surface area (Å²) in [6.07, 6.45) is 5.06. The van der Waals surface area contributed by atoms with Crippen LogP contribution in [0.3, 0.4) is 0 Å². The van der Waals surface area contributed by atoms with Crippen molar-refractivity contribution in [1.29, 1.82) is 0 Å². The number of anilines is 3. The van der Waals surface area contributed by atoms with Crippen LogP contribution in [0.2, 0.25) is 0 Å². The molecule has 11 heteroatoms. The van der Waals surface area contributed by atoms with Gasteiger partial charge in [-0.2, -0.15) is 13.8 Å². The molecule has 0 spiro atoms. The number of pyridine rings is 1. The van der Waals surface area contributed by atoms with Crippen molar-refractivity contribution in [3.63, 3.8) is 0 Å². The Morgan fingerprint density at radius 2 is 2.10 bits per heavy atom. The molecule has 2 aromatic rings. The van der Waals surface area contributed by atoms with E-state index in [1.807, 2.05) is 0 Å². The molecule has 2 N–H and O–H groups in total. The summed E-state index contributed by atoms with van der Waals surface area (Å²) in [7, 11) is 0. The summed E-state index contributed by atoms with van der Waals surface area (Å²) >= 11 is 0. The maximum atomic E-state index is 13.7. The molecule has 31 heavy (non-hydrogen) atoms. The van der Waals surface area contributed by atoms with Gasteiger partial charge in [0.25, 0.3) is 0 Å². The standard InChI is InChI=1S/C20H21F3N6O2/c21-12-3-4-28(8-12)20-26-15(11-5-16(31-19(22)23)18(24)25-7-11)6-17(27-20)29-9-14-2-1-13(29)10-30-14/h3,5-7,13-14,19H,1-2,4,8-10H2,(H2,24,25)/t13-,14-/m0/s1. The number of ether oxygens (including phenoxy) is 2. The number of rotatable bonds is 5. The second-order valence-corrected chi connectivity index (χ2v) is 7.77. The summed E-state index contributed by atoms with van der Waals surface area (Å²) in [6.45, 7) is -1.28. The first kappa shape index (κ1) is 19.9. The predicted octanol–water partition coefficient (Wildman–Crippen LogP) is 2.76. The number of nitrogens with zero attached hydrogens (tertiary/aromatic N) is 5. The van der Waals surface area contributed by atoms with Crippen molar-refractivity contribution in [3.8, 4) is 17.0 Å². The molecule has 6 rings (SSSR count). The summed E-state index contributed by atoms with van der Waals surface area (Å²) in [5.74, 6) is 0.413. The number of morpholine rings is 1. The number of hydrogen-bond donors (Lipinski definition) is 1. The van der Waals surface area contributed by atoms with Crippen LogP contribution < -0.4 is 20.3 Å². The molecule has 2 bridgehead atoms. The molecular weight excluding hydrogens is 413 g/mol. The fraction of sp³-hybridized carbons (Fsp3) is 0.450. The van der Waals surface area contributed by atoms with Gasteiger partial charge in [-0.25, -0.2) is 14.4 Å². The molecule has 0 aliphatic carbocycles. The minimum Gasteiger partial charge on any atom is -0.431 e. The molecule has 0 aromatic carbocycles. The minimum atomic E-state index is -3.03. The SMILES string of the molecule is Nc1ncc(-c2cc(N3C[C@@H]4CC[C@H]3CO4)nc(N3CC=C(F)C3)n2)cc1OC(F)F. The third kappa shape index (κ3) is 3.97. The number of piperidine rings is 1. The second kappa shape index (κ2) is 7.88. The normalized spacial score (nSPS) is 22.9. The lowest BCUT2D eigenvalue weighted by molar-refractivity contribution is -0.0494. The van der Waals surface area contributed by atoms with Gasteiger partial charge in [-0.05, 0) is 25.0 Å². The van der Waals surface area contributed by atoms with E-state index in [9.17, 15) is 13.2 Å². The van der Waals surface area contributed by atoms with E-state index >= 15 is 0 Å². The van der Waals surface area contributed by atoms with Crippen LogP contribution in [0.1, 0.15) is 12.8 Å². The summed E-state index contributed by atoms with van der Waals surface area (Å²) < 4.78 is 49.4. The lowest BCUT2D eigenvalue weighted by Crippen LogP contribution is -2.55. The molecular formula is C20H21F3N6O2. The first-order chi connectivity index (χ1) is 15.0. The third-order valence-corrected chi connectivity index (χ3v) is 5.73. The Bertz CT molecular complexity index is 1010. The summed E-state index contributed by atoms with van der Waals surface area (Å²) in [4.78, 5) is 17.1. The van der Waals surface area contributed by atoms with Crippen LogP contribution in [0, 0.1) is 0 Å². The van der Waals surface area contributed by atoms with Crippen molar-refractivity contribution in [3.05, 3.63) is 30.2 Å². The number of alkyl halides is 2. The highest BCUT2D eigenvalue weighted by molar-refractivity contribution is 5.68. The van der Waals surface area contributed by atoms with E-state index in [0.717, 1.165) is 12.8 Å². The van der Waals surface area contributed by atoms with E-state index in [1.165, 1.54) is 18.3 Å². The van der Waals surface area contributed by atoms with Crippen molar-refractivity contribution in [1.82, 2.24) is 15.0 Å². The van der Waals surface area contributed by atoms with Gasteiger partial charge >= 0.3 is 6.61 Å². The molecule has 3 saturated heterocycles. The Morgan fingerprint density at radius 3 is 2.74 bits per heavy atom. The maximum Gasteiger partial charge on any atom is 0.387 e. The fourth-order valence-electron chi connectivity index (χ4n) is 4.15. The lowest BCUT2D eigenvalue weighted by Gasteiger charge is -2.45. The number of nitrogen functional groups attached to an aromatic ring is 1. The zero-order chi connectivity index (χ0) is 21.5. The largest absolute Gasteiger partial charge is 0.431 e. The Morgan fingerprint density at radius 1 is 1.23 bits per heavy atom. The number of aromatic nitrogens is 3. The van der Waals surface area contributed by atoms with Gasteiger partial charge in [0, 0.05) is 30.9 Å². The summed E-state index contributed by atoms with van der Waals surface area (Å²) in [5, 5.41) is 0. The third-order valence-electron chi connectivity index (χ3n) is 5.73. The predicted molar refractivity (Wildman–Crippen MR) is 108 cm³/mol. The van der Waals surface area contributed by atoms with Crippen LogP contribution in [0.4, 0.5) is 30.8 Å². The molecule has 0 amide bonds. The van der Waals surface area contributed by atoms with Crippen molar-refractivity contribution in [2.75, 3.05) is 41.8 Å². The van der Waals surface area contributed by atoms with Gasteiger partial charge in [0.15, 0.2) is 11.6 Å². The van der Waals surface area contributed by atoms with Gasteiger partial charge in [-0.15, -0.1) is 0 Å². The number of halogens is 3. The molecule has 6 heterocycles. The molecule has 0 unspecified atom stereocenters. The van der Waals surface area contributed by atoms with Crippen molar-refractivity contribution >= 4 is 17.6 Å². The molecule has 0 radical (unpaired) electrons. The molecule has 8 nitrogen and oxygen atoms in total. The Hall–Kier alpha value is -3.08. The van der Waals surface area contributed by atoms with Crippen LogP contribution >= 0.6 is 0 Å². The average molecular weight is 434 g/mol. The van der Waals surface area contributed by atoms with Crippen LogP contribution in [-0.4, -0.2) is 60.0 Å². The summed E-state index contributed by atoms with van der Waals surface area (Å²) in [6, 6.07) is 3.35. The monoisotopic (exact) mass is 434 g/mol. The highest BCUT2D eigenvalue weighted by Crippen LogP contribution is 2.34. The van der Waals surface area contributed by atoms with E-state index < -0.39 is 6.61 Å². The van der Waals surface area contributed by atoms with Gasteiger partial charge < -0.3 is 25.0 Å². The van der Waals surface area contributed by atoms with Gasteiger partial charge in [-0.3, -0.25) is 0 Å². The zero-order valence-electron chi connectivity index (χ0n) is 16.5. The van der Waals surface area contributed by atoms with Gasteiger partial charge in [0.05, 0.1) is 31.0 Å². The highest BCUT2D eigenvalue weighted by atomic mass is 19.3. The van der Waals surface area contributed by atoms with E-state index in [1.54, 1.807) is 11.0 Å². The van der Waals surface area contributed by atoms with E-state index in [2.05, 4.69) is 19.6 Å². The first-order valence-electron chi connectivity index (χ1n) is 10.0. The molecule has 2 atom stereocenters. The second-order valence-electron chi connectivity index (χ2n) is 7.77. The lowest BCUT2D eigenvalue weighted by atomic mass is 9.97. The van der Waals surface area contributed by atoms with Crippen LogP contribution in [0.15, 0.2) is 30.2 Å². The van der Waals surface area contributed by atoms with Crippen molar-refractivity contribution in [2.24, 2.45) is 0 Å². The molecule has 0 saturated carbocycles. The van der Waals surface area contributed by atoms with Gasteiger partial charge in [0.2, 0.25) is 5.95 Å². The average Bonchev–Trinajstić information content (AvgIpc) is 3.22. The molecule has 164 valence electrons. The topological polar surface area (TPSA) is 89.6 Å². The molecule has 4 aliphatic heterocycles. The maximum absolute atomic E-state index is 13.7. The Balaban J connectivity index is 1.55. The number of fused-ring (bicyclic) bond motifs is 3. The molecule has 3 fully saturated rings. The van der Waals surface area contributed by atoms with E-state index in [4.69, 9.17) is 15.5 Å². The van der Waals surface area contributed by atoms with Crippen LogP contribution in [-0.2, 0) is 4.74 Å². The van der Waals surface area contributed by atoms with E-state index in [0.29, 0.717) is 42.7 Å². The Kier molecular flexibility index (Phi) is 5.05. The number of nitrogens with two attached hydrogens (primary N) is 1. The summed E-state index contributed by atoms with van der Waals surface area (Å²) in [5.41, 5.74) is 6.57. The molecule has 2 aromatic heterocycles. The fourth-order valence-corrected chi connectivity index (χ4v) is 4.15. The van der Waals surface area contributed by atoms with E-state index in [-0.39, 0.29) is 36.1 Å². The Labute approximate surface area is 176 Å². The highest BCUT2D eigenvalue weighted by Gasteiger charge is 2.36. The van der Waals surface area contributed by atoms with Gasteiger partial charge in [-0.1, -0.05) is 0 Å².